The predicted molar refractivity (Wildman–Crippen MR) is 51.2 cm³/mol. The number of sulfonamides is 1. The Morgan fingerprint density at radius 3 is 2.62 bits per heavy atom. The minimum Gasteiger partial charge on any atom is -0.379 e. The van der Waals surface area contributed by atoms with Gasteiger partial charge < -0.3 is 4.74 Å². The van der Waals surface area contributed by atoms with Crippen molar-refractivity contribution in [3.05, 3.63) is 0 Å². The van der Waals surface area contributed by atoms with Crippen molar-refractivity contribution in [2.45, 2.75) is 19.9 Å². The van der Waals surface area contributed by atoms with Crippen molar-refractivity contribution in [3.63, 3.8) is 0 Å². The Hall–Kier alpha value is 0.160. The highest BCUT2D eigenvalue weighted by Gasteiger charge is 2.37. The summed E-state index contributed by atoms with van der Waals surface area (Å²) in [5.41, 5.74) is -0.154. The Morgan fingerprint density at radius 2 is 2.23 bits per heavy atom. The van der Waals surface area contributed by atoms with Crippen LogP contribution in [0.3, 0.4) is 0 Å². The minimum absolute atomic E-state index is 0.154. The molecule has 1 fully saturated rings. The van der Waals surface area contributed by atoms with Gasteiger partial charge in [-0.25, -0.2) is 13.1 Å². The van der Waals surface area contributed by atoms with Crippen molar-refractivity contribution in [2.24, 2.45) is 5.41 Å². The first-order valence-electron chi connectivity index (χ1n) is 4.01. The monoisotopic (exact) mass is 227 g/mol. The lowest BCUT2D eigenvalue weighted by Gasteiger charge is -2.24. The van der Waals surface area contributed by atoms with Crippen LogP contribution >= 0.6 is 11.6 Å². The minimum atomic E-state index is -3.34. The standard InChI is InChI=1S/C7H14ClNO3S/c1-7(2)4-12-3-6(7)9-13(10,11)5-8/h6,9H,3-5H2,1-2H3. The summed E-state index contributed by atoms with van der Waals surface area (Å²) in [4.78, 5) is 0. The highest BCUT2D eigenvalue weighted by Crippen LogP contribution is 2.27. The van der Waals surface area contributed by atoms with Crippen LogP contribution in [0, 0.1) is 5.41 Å². The van der Waals surface area contributed by atoms with E-state index in [9.17, 15) is 8.42 Å². The van der Waals surface area contributed by atoms with Crippen LogP contribution in [-0.2, 0) is 14.8 Å². The maximum Gasteiger partial charge on any atom is 0.225 e. The third-order valence-corrected chi connectivity index (χ3v) is 3.96. The van der Waals surface area contributed by atoms with E-state index in [0.717, 1.165) is 0 Å². The fourth-order valence-electron chi connectivity index (χ4n) is 1.21. The van der Waals surface area contributed by atoms with E-state index in [1.54, 1.807) is 0 Å². The number of hydrogen-bond donors (Lipinski definition) is 1. The molecule has 0 aromatic heterocycles. The van der Waals surface area contributed by atoms with Crippen molar-refractivity contribution in [2.75, 3.05) is 18.4 Å². The molecule has 0 aliphatic carbocycles. The molecule has 0 spiro atoms. The smallest absolute Gasteiger partial charge is 0.225 e. The zero-order valence-electron chi connectivity index (χ0n) is 7.71. The van der Waals surface area contributed by atoms with Gasteiger partial charge in [0, 0.05) is 5.41 Å². The highest BCUT2D eigenvalue weighted by atomic mass is 35.5. The zero-order chi connectivity index (χ0) is 10.1. The first kappa shape index (κ1) is 11.2. The van der Waals surface area contributed by atoms with Crippen LogP contribution in [0.5, 0.6) is 0 Å². The molecular weight excluding hydrogens is 214 g/mol. The zero-order valence-corrected chi connectivity index (χ0v) is 9.28. The summed E-state index contributed by atoms with van der Waals surface area (Å²) in [6.45, 7) is 4.91. The van der Waals surface area contributed by atoms with Crippen LogP contribution in [0.25, 0.3) is 0 Å². The molecule has 13 heavy (non-hydrogen) atoms. The fourth-order valence-corrected chi connectivity index (χ4v) is 2.28. The molecule has 1 aliphatic heterocycles. The van der Waals surface area contributed by atoms with Gasteiger partial charge in [-0.05, 0) is 0 Å². The lowest BCUT2D eigenvalue weighted by Crippen LogP contribution is -2.44. The van der Waals surface area contributed by atoms with Crippen molar-refractivity contribution in [1.82, 2.24) is 4.72 Å². The molecule has 0 saturated carbocycles. The molecule has 1 N–H and O–H groups in total. The average molecular weight is 228 g/mol. The van der Waals surface area contributed by atoms with E-state index in [0.29, 0.717) is 13.2 Å². The highest BCUT2D eigenvalue weighted by molar-refractivity contribution is 7.90. The Labute approximate surface area is 83.7 Å². The first-order valence-corrected chi connectivity index (χ1v) is 6.20. The van der Waals surface area contributed by atoms with E-state index in [1.807, 2.05) is 13.8 Å². The molecule has 0 bridgehead atoms. The topological polar surface area (TPSA) is 55.4 Å². The summed E-state index contributed by atoms with van der Waals surface area (Å²) in [5, 5.41) is -0.403. The van der Waals surface area contributed by atoms with Crippen LogP contribution in [-0.4, -0.2) is 32.9 Å². The lowest BCUT2D eigenvalue weighted by molar-refractivity contribution is 0.166. The van der Waals surface area contributed by atoms with Gasteiger partial charge in [-0.15, -0.1) is 11.6 Å². The maximum absolute atomic E-state index is 11.1. The summed E-state index contributed by atoms with van der Waals surface area (Å²) in [6.07, 6.45) is 0. The summed E-state index contributed by atoms with van der Waals surface area (Å²) >= 11 is 5.27. The number of alkyl halides is 1. The van der Waals surface area contributed by atoms with Gasteiger partial charge in [-0.2, -0.15) is 0 Å². The lowest BCUT2D eigenvalue weighted by atomic mass is 9.89. The summed E-state index contributed by atoms with van der Waals surface area (Å²) in [6, 6.07) is -0.170. The SMILES string of the molecule is CC1(C)COCC1NS(=O)(=O)CCl. The number of rotatable bonds is 3. The second-order valence-electron chi connectivity index (χ2n) is 3.90. The second kappa shape index (κ2) is 3.73. The normalized spacial score (nSPS) is 27.8. The second-order valence-corrected chi connectivity index (χ2v) is 6.24. The van der Waals surface area contributed by atoms with Crippen LogP contribution < -0.4 is 4.72 Å². The van der Waals surface area contributed by atoms with Gasteiger partial charge in [-0.1, -0.05) is 13.8 Å². The van der Waals surface area contributed by atoms with Crippen molar-refractivity contribution >= 4 is 21.6 Å². The van der Waals surface area contributed by atoms with E-state index in [4.69, 9.17) is 16.3 Å². The van der Waals surface area contributed by atoms with Gasteiger partial charge in [0.15, 0.2) is 0 Å². The Balaban J connectivity index is 2.65. The van der Waals surface area contributed by atoms with Crippen molar-refractivity contribution in [3.8, 4) is 0 Å². The average Bonchev–Trinajstić information content (AvgIpc) is 2.31. The van der Waals surface area contributed by atoms with Crippen molar-refractivity contribution in [1.29, 1.82) is 0 Å². The summed E-state index contributed by atoms with van der Waals surface area (Å²) in [7, 11) is -3.34. The van der Waals surface area contributed by atoms with Gasteiger partial charge in [0.2, 0.25) is 10.0 Å². The van der Waals surface area contributed by atoms with Gasteiger partial charge in [0.1, 0.15) is 5.21 Å². The molecule has 1 rings (SSSR count). The number of nitrogens with one attached hydrogen (secondary N) is 1. The Morgan fingerprint density at radius 1 is 1.62 bits per heavy atom. The molecule has 0 aromatic rings. The first-order chi connectivity index (χ1) is 5.87. The largest absolute Gasteiger partial charge is 0.379 e. The molecule has 1 saturated heterocycles. The number of halogens is 1. The fraction of sp³-hybridized carbons (Fsp3) is 1.00. The maximum atomic E-state index is 11.1. The van der Waals surface area contributed by atoms with E-state index >= 15 is 0 Å². The van der Waals surface area contributed by atoms with Gasteiger partial charge in [0.25, 0.3) is 0 Å². The van der Waals surface area contributed by atoms with Crippen LogP contribution in [0.2, 0.25) is 0 Å². The number of ether oxygens (including phenoxy) is 1. The summed E-state index contributed by atoms with van der Waals surface area (Å²) in [5.74, 6) is 0. The molecule has 1 atom stereocenters. The van der Waals surface area contributed by atoms with Gasteiger partial charge in [0.05, 0.1) is 19.3 Å². The van der Waals surface area contributed by atoms with Gasteiger partial charge in [-0.3, -0.25) is 0 Å². The van der Waals surface area contributed by atoms with E-state index in [1.165, 1.54) is 0 Å². The number of hydrogen-bond acceptors (Lipinski definition) is 3. The predicted octanol–water partition coefficient (Wildman–Crippen LogP) is 0.527. The Kier molecular flexibility index (Phi) is 3.22. The third kappa shape index (κ3) is 2.80. The molecule has 1 aliphatic rings. The molecule has 1 heterocycles. The van der Waals surface area contributed by atoms with E-state index in [2.05, 4.69) is 4.72 Å². The van der Waals surface area contributed by atoms with Crippen molar-refractivity contribution < 1.29 is 13.2 Å². The molecule has 6 heteroatoms. The van der Waals surface area contributed by atoms with E-state index < -0.39 is 15.2 Å². The third-order valence-electron chi connectivity index (χ3n) is 2.17. The quantitative estimate of drug-likeness (QED) is 0.716. The van der Waals surface area contributed by atoms with Gasteiger partial charge >= 0.3 is 0 Å². The Bertz CT molecular complexity index is 275. The molecular formula is C7H14ClNO3S. The molecule has 1 unspecified atom stereocenters. The molecule has 0 amide bonds. The van der Waals surface area contributed by atoms with Crippen LogP contribution in [0.1, 0.15) is 13.8 Å². The van der Waals surface area contributed by atoms with E-state index in [-0.39, 0.29) is 11.5 Å². The summed E-state index contributed by atoms with van der Waals surface area (Å²) < 4.78 is 30.0. The molecule has 0 aromatic carbocycles. The molecule has 78 valence electrons. The van der Waals surface area contributed by atoms with Crippen LogP contribution in [0.15, 0.2) is 0 Å². The van der Waals surface area contributed by atoms with Crippen LogP contribution in [0.4, 0.5) is 0 Å². The molecule has 0 radical (unpaired) electrons. The molecule has 4 nitrogen and oxygen atoms in total.